The Hall–Kier alpha value is -4.90. The van der Waals surface area contributed by atoms with Crippen LogP contribution in [0.3, 0.4) is 0 Å². The maximum Gasteiger partial charge on any atom is 0.310 e. The van der Waals surface area contributed by atoms with E-state index in [2.05, 4.69) is 0 Å². The monoisotopic (exact) mass is 818 g/mol. The molecule has 0 saturated heterocycles. The van der Waals surface area contributed by atoms with Gasteiger partial charge in [-0.05, 0) is 49.7 Å². The van der Waals surface area contributed by atoms with Gasteiger partial charge in [0.15, 0.2) is 0 Å². The molecule has 0 bridgehead atoms. The Labute approximate surface area is 339 Å². The fourth-order valence-corrected chi connectivity index (χ4v) is 5.35. The zero-order valence-electron chi connectivity index (χ0n) is 33.1. The number of ether oxygens (including phenoxy) is 8. The van der Waals surface area contributed by atoms with Crippen molar-refractivity contribution < 1.29 is 76.9 Å². The molecule has 2 unspecified atom stereocenters. The van der Waals surface area contributed by atoms with Crippen LogP contribution in [0.4, 0.5) is 0 Å². The molecule has 0 fully saturated rings. The van der Waals surface area contributed by atoms with E-state index in [0.29, 0.717) is 78.2 Å². The summed E-state index contributed by atoms with van der Waals surface area (Å²) in [6, 6.07) is 19.5. The van der Waals surface area contributed by atoms with E-state index in [0.717, 1.165) is 11.1 Å². The number of aliphatic carboxylic acids is 2. The van der Waals surface area contributed by atoms with E-state index in [1.165, 1.54) is 0 Å². The van der Waals surface area contributed by atoms with Gasteiger partial charge in [-0.1, -0.05) is 60.7 Å². The van der Waals surface area contributed by atoms with E-state index in [9.17, 15) is 39.0 Å². The lowest BCUT2D eigenvalue weighted by atomic mass is 9.86. The Morgan fingerprint density at radius 3 is 1.16 bits per heavy atom. The number of carboxylic acids is 2. The first kappa shape index (κ1) is 49.2. The van der Waals surface area contributed by atoms with Gasteiger partial charge in [0.2, 0.25) is 0 Å². The number of esters is 4. The molecule has 58 heavy (non-hydrogen) atoms. The van der Waals surface area contributed by atoms with Crippen LogP contribution in [0.2, 0.25) is 0 Å². The first-order valence-electron chi connectivity index (χ1n) is 19.6. The predicted octanol–water partition coefficient (Wildman–Crippen LogP) is 4.93. The average Bonchev–Trinajstić information content (AvgIpc) is 3.21. The van der Waals surface area contributed by atoms with Gasteiger partial charge >= 0.3 is 35.8 Å². The molecule has 0 aromatic heterocycles. The number of benzene rings is 2. The summed E-state index contributed by atoms with van der Waals surface area (Å²) in [5, 5.41) is 18.8. The molecular weight excluding hydrogens is 760 g/mol. The van der Waals surface area contributed by atoms with Crippen molar-refractivity contribution in [3.8, 4) is 0 Å². The molecule has 0 saturated carbocycles. The van der Waals surface area contributed by atoms with Crippen LogP contribution < -0.4 is 0 Å². The molecule has 16 nitrogen and oxygen atoms in total. The Morgan fingerprint density at radius 1 is 0.414 bits per heavy atom. The first-order valence-corrected chi connectivity index (χ1v) is 19.6. The number of carboxylic acid groups (broad SMARTS) is 2. The molecule has 0 amide bonds. The van der Waals surface area contributed by atoms with Gasteiger partial charge in [0.25, 0.3) is 0 Å². The second kappa shape index (κ2) is 32.1. The van der Waals surface area contributed by atoms with Gasteiger partial charge in [-0.25, -0.2) is 0 Å². The van der Waals surface area contributed by atoms with E-state index in [4.69, 9.17) is 37.9 Å². The normalized spacial score (nSPS) is 11.9. The number of unbranched alkanes of at least 4 members (excludes halogenated alkanes) is 4. The number of hydrogen-bond acceptors (Lipinski definition) is 14. The van der Waals surface area contributed by atoms with Crippen molar-refractivity contribution in [3.05, 3.63) is 71.8 Å². The Kier molecular flexibility index (Phi) is 27.3. The van der Waals surface area contributed by atoms with E-state index in [-0.39, 0.29) is 52.5 Å². The lowest BCUT2D eigenvalue weighted by Gasteiger charge is -2.22. The largest absolute Gasteiger partial charge is 0.481 e. The molecule has 322 valence electrons. The van der Waals surface area contributed by atoms with Crippen molar-refractivity contribution in [2.24, 2.45) is 11.8 Å². The lowest BCUT2D eigenvalue weighted by Crippen LogP contribution is -2.36. The van der Waals surface area contributed by atoms with E-state index in [1.807, 2.05) is 60.7 Å². The zero-order chi connectivity index (χ0) is 42.1. The van der Waals surface area contributed by atoms with Crippen molar-refractivity contribution in [2.45, 2.75) is 77.4 Å². The molecule has 0 radical (unpaired) electrons. The predicted molar refractivity (Wildman–Crippen MR) is 206 cm³/mol. The van der Waals surface area contributed by atoms with Gasteiger partial charge < -0.3 is 48.1 Å². The van der Waals surface area contributed by atoms with Crippen LogP contribution in [0.15, 0.2) is 60.7 Å². The molecule has 0 aliphatic carbocycles. The fraction of sp³-hybridized carbons (Fsp3) is 0.571. The maximum absolute atomic E-state index is 12.9. The van der Waals surface area contributed by atoms with Crippen LogP contribution in [-0.4, -0.2) is 112 Å². The van der Waals surface area contributed by atoms with Crippen molar-refractivity contribution in [3.63, 3.8) is 0 Å². The van der Waals surface area contributed by atoms with Crippen LogP contribution >= 0.6 is 0 Å². The van der Waals surface area contributed by atoms with Gasteiger partial charge in [-0.3, -0.25) is 28.8 Å². The van der Waals surface area contributed by atoms with Crippen molar-refractivity contribution in [2.75, 3.05) is 66.1 Å². The van der Waals surface area contributed by atoms with E-state index < -0.39 is 60.5 Å². The van der Waals surface area contributed by atoms with Crippen LogP contribution in [-0.2, 0) is 79.9 Å². The van der Waals surface area contributed by atoms with Crippen molar-refractivity contribution >= 4 is 35.8 Å². The molecule has 2 aromatic carbocycles. The van der Waals surface area contributed by atoms with Gasteiger partial charge in [-0.15, -0.1) is 0 Å². The van der Waals surface area contributed by atoms with Gasteiger partial charge in [-0.2, -0.15) is 0 Å². The summed E-state index contributed by atoms with van der Waals surface area (Å²) in [4.78, 5) is 72.9. The minimum absolute atomic E-state index is 0.0986. The third-order valence-electron chi connectivity index (χ3n) is 8.37. The standard InChI is InChI=1S/C42H58O16/c43-37(44)29-35(41(49)57-19-11-3-9-17-39(47)55-27-25-51-21-23-53-31-33-13-5-1-6-14-33)36(30-38(45)46)42(50)58-20-12-4-10-18-40(48)56-28-26-52-22-24-54-32-34-15-7-2-8-16-34/h1-2,5-8,13-16,35-36H,3-4,9-12,17-32H2,(H,43,44)(H,45,46). The highest BCUT2D eigenvalue weighted by molar-refractivity contribution is 5.88. The lowest BCUT2D eigenvalue weighted by molar-refractivity contribution is -0.166. The number of hydrogen-bond donors (Lipinski definition) is 2. The molecule has 2 atom stereocenters. The number of carbonyl (C=O) groups is 6. The summed E-state index contributed by atoms with van der Waals surface area (Å²) in [6.07, 6.45) is 1.13. The second-order valence-electron chi connectivity index (χ2n) is 13.1. The summed E-state index contributed by atoms with van der Waals surface area (Å²) >= 11 is 0. The van der Waals surface area contributed by atoms with Gasteiger partial charge in [0, 0.05) is 12.8 Å². The molecule has 2 rings (SSSR count). The maximum atomic E-state index is 12.9. The molecule has 2 N–H and O–H groups in total. The van der Waals surface area contributed by atoms with E-state index in [1.54, 1.807) is 0 Å². The molecule has 0 aliphatic heterocycles. The Morgan fingerprint density at radius 2 is 0.776 bits per heavy atom. The van der Waals surface area contributed by atoms with Crippen LogP contribution in [0.5, 0.6) is 0 Å². The Bertz CT molecular complexity index is 1340. The zero-order valence-corrected chi connectivity index (χ0v) is 33.1. The SMILES string of the molecule is O=C(O)CC(C(=O)OCCCCCC(=O)OCCOCCOCc1ccccc1)C(CC(=O)O)C(=O)OCCCCCC(=O)OCCOCCOCc1ccccc1. The van der Waals surface area contributed by atoms with Gasteiger partial charge in [0.05, 0.1) is 90.7 Å². The first-order chi connectivity index (χ1) is 28.2. The average molecular weight is 819 g/mol. The topological polar surface area (TPSA) is 217 Å². The third kappa shape index (κ3) is 25.4. The highest BCUT2D eigenvalue weighted by Gasteiger charge is 2.39. The van der Waals surface area contributed by atoms with Crippen molar-refractivity contribution in [1.29, 1.82) is 0 Å². The molecule has 0 aliphatic rings. The quantitative estimate of drug-likeness (QED) is 0.0536. The third-order valence-corrected chi connectivity index (χ3v) is 8.37. The van der Waals surface area contributed by atoms with Crippen molar-refractivity contribution in [1.82, 2.24) is 0 Å². The summed E-state index contributed by atoms with van der Waals surface area (Å²) in [5.74, 6) is -8.90. The highest BCUT2D eigenvalue weighted by atomic mass is 16.6. The molecule has 0 heterocycles. The summed E-state index contributed by atoms with van der Waals surface area (Å²) in [7, 11) is 0. The summed E-state index contributed by atoms with van der Waals surface area (Å²) in [6.45, 7) is 2.91. The Balaban J connectivity index is 1.55. The molecular formula is C42H58O16. The van der Waals surface area contributed by atoms with Crippen LogP contribution in [0.1, 0.15) is 75.3 Å². The second-order valence-corrected chi connectivity index (χ2v) is 13.1. The number of carbonyl (C=O) groups excluding carboxylic acids is 4. The van der Waals surface area contributed by atoms with E-state index >= 15 is 0 Å². The fourth-order valence-electron chi connectivity index (χ4n) is 5.35. The summed E-state index contributed by atoms with van der Waals surface area (Å²) < 4.78 is 42.6. The minimum atomic E-state index is -1.59. The van der Waals surface area contributed by atoms with Crippen LogP contribution in [0.25, 0.3) is 0 Å². The van der Waals surface area contributed by atoms with Gasteiger partial charge in [0.1, 0.15) is 13.2 Å². The molecule has 0 spiro atoms. The number of rotatable bonds is 35. The molecule has 16 heteroatoms. The minimum Gasteiger partial charge on any atom is -0.481 e. The van der Waals surface area contributed by atoms with Crippen LogP contribution in [0, 0.1) is 11.8 Å². The summed E-state index contributed by atoms with van der Waals surface area (Å²) in [5.41, 5.74) is 2.13. The molecule has 2 aromatic rings. The highest BCUT2D eigenvalue weighted by Crippen LogP contribution is 2.24. The smallest absolute Gasteiger partial charge is 0.310 e.